The standard InChI is InChI=1S/C18H22N4O/c1-13-5-6-15-14(11-13)18(23)17-16(12-19-20(17)2)22(15)10-4-9-21-7-3-8-21/h5-6,11-12H,3-4,7-10H2,1-2H3. The van der Waals surface area contributed by atoms with Gasteiger partial charge in [0.25, 0.3) is 0 Å². The van der Waals surface area contributed by atoms with Gasteiger partial charge in [-0.05, 0) is 51.5 Å². The first-order valence-electron chi connectivity index (χ1n) is 8.32. The second-order valence-electron chi connectivity index (χ2n) is 6.55. The molecular formula is C18H22N4O. The van der Waals surface area contributed by atoms with E-state index in [1.54, 1.807) is 4.68 Å². The Morgan fingerprint density at radius 3 is 2.74 bits per heavy atom. The molecule has 3 heterocycles. The van der Waals surface area contributed by atoms with Gasteiger partial charge in [-0.25, -0.2) is 0 Å². The van der Waals surface area contributed by atoms with Gasteiger partial charge in [0.05, 0.1) is 17.2 Å². The molecule has 0 bridgehead atoms. The predicted octanol–water partition coefficient (Wildman–Crippen LogP) is 2.29. The van der Waals surface area contributed by atoms with Crippen LogP contribution < -0.4 is 5.43 Å². The highest BCUT2D eigenvalue weighted by molar-refractivity contribution is 5.92. The summed E-state index contributed by atoms with van der Waals surface area (Å²) in [6.45, 7) is 6.53. The molecule has 1 aliphatic rings. The maximum absolute atomic E-state index is 12.8. The smallest absolute Gasteiger partial charge is 0.215 e. The van der Waals surface area contributed by atoms with E-state index < -0.39 is 0 Å². The second-order valence-corrected chi connectivity index (χ2v) is 6.55. The molecule has 0 radical (unpaired) electrons. The van der Waals surface area contributed by atoms with Gasteiger partial charge in [-0.2, -0.15) is 5.10 Å². The normalized spacial score (nSPS) is 15.4. The van der Waals surface area contributed by atoms with Crippen molar-refractivity contribution in [3.05, 3.63) is 40.2 Å². The van der Waals surface area contributed by atoms with Crippen LogP contribution in [0.4, 0.5) is 0 Å². The Hall–Kier alpha value is -2.14. The third kappa shape index (κ3) is 2.36. The minimum atomic E-state index is 0.0812. The Kier molecular flexibility index (Phi) is 3.45. The number of pyridine rings is 1. The van der Waals surface area contributed by atoms with Gasteiger partial charge in [-0.3, -0.25) is 9.48 Å². The lowest BCUT2D eigenvalue weighted by atomic mass is 10.1. The number of likely N-dealkylation sites (tertiary alicyclic amines) is 1. The van der Waals surface area contributed by atoms with E-state index in [4.69, 9.17) is 0 Å². The monoisotopic (exact) mass is 310 g/mol. The van der Waals surface area contributed by atoms with Crippen LogP contribution in [0.3, 0.4) is 0 Å². The summed E-state index contributed by atoms with van der Waals surface area (Å²) in [6.07, 6.45) is 4.24. The highest BCUT2D eigenvalue weighted by Gasteiger charge is 2.16. The molecule has 0 unspecified atom stereocenters. The van der Waals surface area contributed by atoms with Gasteiger partial charge in [-0.15, -0.1) is 0 Å². The summed E-state index contributed by atoms with van der Waals surface area (Å²) < 4.78 is 3.96. The highest BCUT2D eigenvalue weighted by Crippen LogP contribution is 2.20. The second kappa shape index (κ2) is 5.49. The summed E-state index contributed by atoms with van der Waals surface area (Å²) in [5, 5.41) is 5.11. The Labute approximate surface area is 135 Å². The molecule has 5 heteroatoms. The third-order valence-electron chi connectivity index (χ3n) is 4.92. The fourth-order valence-corrected chi connectivity index (χ4v) is 3.51. The Bertz CT molecular complexity index is 933. The van der Waals surface area contributed by atoms with Gasteiger partial charge in [0.2, 0.25) is 5.43 Å². The Morgan fingerprint density at radius 2 is 2.00 bits per heavy atom. The van der Waals surface area contributed by atoms with Crippen molar-refractivity contribution < 1.29 is 0 Å². The van der Waals surface area contributed by atoms with Crippen LogP contribution in [0.25, 0.3) is 21.9 Å². The Balaban J connectivity index is 1.84. The number of hydrogen-bond acceptors (Lipinski definition) is 3. The van der Waals surface area contributed by atoms with Crippen molar-refractivity contribution in [1.29, 1.82) is 0 Å². The van der Waals surface area contributed by atoms with Crippen molar-refractivity contribution in [3.63, 3.8) is 0 Å². The number of nitrogens with zero attached hydrogens (tertiary/aromatic N) is 4. The summed E-state index contributed by atoms with van der Waals surface area (Å²) in [7, 11) is 1.84. The first kappa shape index (κ1) is 14.5. The van der Waals surface area contributed by atoms with E-state index in [1.807, 2.05) is 26.2 Å². The lowest BCUT2D eigenvalue weighted by Gasteiger charge is -2.30. The summed E-state index contributed by atoms with van der Waals surface area (Å²) in [4.78, 5) is 15.3. The average Bonchev–Trinajstić information content (AvgIpc) is 2.87. The van der Waals surface area contributed by atoms with Crippen molar-refractivity contribution >= 4 is 21.9 Å². The van der Waals surface area contributed by atoms with Crippen LogP contribution in [0, 0.1) is 6.92 Å². The van der Waals surface area contributed by atoms with E-state index in [2.05, 4.69) is 26.7 Å². The van der Waals surface area contributed by atoms with E-state index in [9.17, 15) is 4.79 Å². The summed E-state index contributed by atoms with van der Waals surface area (Å²) in [5.41, 5.74) is 3.86. The summed E-state index contributed by atoms with van der Waals surface area (Å²) in [5.74, 6) is 0. The van der Waals surface area contributed by atoms with Gasteiger partial charge in [-0.1, -0.05) is 11.6 Å². The molecule has 0 saturated carbocycles. The molecule has 0 spiro atoms. The number of aromatic nitrogens is 3. The van der Waals surface area contributed by atoms with Crippen LogP contribution in [0.2, 0.25) is 0 Å². The van der Waals surface area contributed by atoms with Gasteiger partial charge in [0, 0.05) is 19.0 Å². The molecule has 0 aliphatic carbocycles. The molecule has 120 valence electrons. The summed E-state index contributed by atoms with van der Waals surface area (Å²) >= 11 is 0. The van der Waals surface area contributed by atoms with Crippen molar-refractivity contribution in [2.45, 2.75) is 26.3 Å². The van der Waals surface area contributed by atoms with Gasteiger partial charge in [0.15, 0.2) is 0 Å². The van der Waals surface area contributed by atoms with Crippen molar-refractivity contribution in [1.82, 2.24) is 19.2 Å². The van der Waals surface area contributed by atoms with E-state index in [1.165, 1.54) is 19.5 Å². The molecule has 5 nitrogen and oxygen atoms in total. The zero-order valence-electron chi connectivity index (χ0n) is 13.7. The molecule has 0 amide bonds. The number of aryl methyl sites for hydroxylation is 3. The van der Waals surface area contributed by atoms with Gasteiger partial charge >= 0.3 is 0 Å². The lowest BCUT2D eigenvalue weighted by molar-refractivity contribution is 0.177. The predicted molar refractivity (Wildman–Crippen MR) is 92.9 cm³/mol. The number of fused-ring (bicyclic) bond motifs is 2. The fourth-order valence-electron chi connectivity index (χ4n) is 3.51. The molecule has 4 rings (SSSR count). The summed E-state index contributed by atoms with van der Waals surface area (Å²) in [6, 6.07) is 6.15. The minimum absolute atomic E-state index is 0.0812. The van der Waals surface area contributed by atoms with Gasteiger partial charge < -0.3 is 9.47 Å². The maximum atomic E-state index is 12.8. The first-order valence-corrected chi connectivity index (χ1v) is 8.32. The zero-order chi connectivity index (χ0) is 16.0. The third-order valence-corrected chi connectivity index (χ3v) is 4.92. The molecule has 0 N–H and O–H groups in total. The van der Waals surface area contributed by atoms with Crippen LogP contribution in [-0.4, -0.2) is 38.9 Å². The topological polar surface area (TPSA) is 43.1 Å². The minimum Gasteiger partial charge on any atom is -0.338 e. The van der Waals surface area contributed by atoms with E-state index >= 15 is 0 Å². The molecule has 1 aromatic carbocycles. The van der Waals surface area contributed by atoms with Crippen LogP contribution in [0.15, 0.2) is 29.2 Å². The average molecular weight is 310 g/mol. The van der Waals surface area contributed by atoms with Crippen LogP contribution >= 0.6 is 0 Å². The van der Waals surface area contributed by atoms with Crippen molar-refractivity contribution in [3.8, 4) is 0 Å². The molecular weight excluding hydrogens is 288 g/mol. The highest BCUT2D eigenvalue weighted by atomic mass is 16.1. The maximum Gasteiger partial charge on any atom is 0.215 e. The van der Waals surface area contributed by atoms with E-state index in [0.29, 0.717) is 5.52 Å². The molecule has 1 fully saturated rings. The van der Waals surface area contributed by atoms with Crippen molar-refractivity contribution in [2.24, 2.45) is 7.05 Å². The molecule has 1 saturated heterocycles. The lowest BCUT2D eigenvalue weighted by Crippen LogP contribution is -2.38. The number of rotatable bonds is 4. The van der Waals surface area contributed by atoms with E-state index in [0.717, 1.165) is 41.5 Å². The SMILES string of the molecule is Cc1ccc2c(c1)c(=O)c1c(cnn1C)n2CCCN1CCC1. The molecule has 3 aromatic rings. The number of hydrogen-bond donors (Lipinski definition) is 0. The molecule has 23 heavy (non-hydrogen) atoms. The molecule has 0 atom stereocenters. The van der Waals surface area contributed by atoms with Crippen LogP contribution in [-0.2, 0) is 13.6 Å². The molecule has 1 aliphatic heterocycles. The fraction of sp³-hybridized carbons (Fsp3) is 0.444. The first-order chi connectivity index (χ1) is 11.1. The number of benzene rings is 1. The molecule has 2 aromatic heterocycles. The van der Waals surface area contributed by atoms with Crippen LogP contribution in [0.5, 0.6) is 0 Å². The Morgan fingerprint density at radius 1 is 1.17 bits per heavy atom. The van der Waals surface area contributed by atoms with Crippen LogP contribution in [0.1, 0.15) is 18.4 Å². The zero-order valence-corrected chi connectivity index (χ0v) is 13.7. The largest absolute Gasteiger partial charge is 0.338 e. The van der Waals surface area contributed by atoms with E-state index in [-0.39, 0.29) is 5.43 Å². The quantitative estimate of drug-likeness (QED) is 0.742. The van der Waals surface area contributed by atoms with Gasteiger partial charge in [0.1, 0.15) is 5.52 Å². The van der Waals surface area contributed by atoms with Crippen molar-refractivity contribution in [2.75, 3.05) is 19.6 Å².